The molecule has 1 aromatic carbocycles. The monoisotopic (exact) mass is 386 g/mol. The Morgan fingerprint density at radius 1 is 1.26 bits per heavy atom. The first-order valence-corrected chi connectivity index (χ1v) is 9.70. The number of hydrogen-bond acceptors (Lipinski definition) is 5. The molecule has 142 valence electrons. The highest BCUT2D eigenvalue weighted by Gasteiger charge is 2.43. The van der Waals surface area contributed by atoms with Crippen LogP contribution in [-0.2, 0) is 14.3 Å². The quantitative estimate of drug-likeness (QED) is 0.802. The minimum absolute atomic E-state index is 0.119. The van der Waals surface area contributed by atoms with Crippen LogP contribution in [0.2, 0.25) is 0 Å². The van der Waals surface area contributed by atoms with E-state index >= 15 is 0 Å². The molecule has 0 saturated carbocycles. The molecule has 27 heavy (non-hydrogen) atoms. The third-order valence-corrected chi connectivity index (χ3v) is 5.64. The SMILES string of the molecule is CCOC(=O)[C@H](C)NC(=O)[C@H]1c2ccccc2C(=O)N(C)[C@H]1c1cccs1. The van der Waals surface area contributed by atoms with Crippen LogP contribution in [0.5, 0.6) is 0 Å². The minimum Gasteiger partial charge on any atom is -0.464 e. The highest BCUT2D eigenvalue weighted by atomic mass is 32.1. The number of benzene rings is 1. The largest absolute Gasteiger partial charge is 0.464 e. The predicted octanol–water partition coefficient (Wildman–Crippen LogP) is 2.73. The van der Waals surface area contributed by atoms with Crippen LogP contribution in [0.4, 0.5) is 0 Å². The van der Waals surface area contributed by atoms with Gasteiger partial charge in [0.05, 0.1) is 18.6 Å². The summed E-state index contributed by atoms with van der Waals surface area (Å²) in [7, 11) is 1.71. The van der Waals surface area contributed by atoms with E-state index in [1.807, 2.05) is 23.6 Å². The van der Waals surface area contributed by atoms with Crippen LogP contribution >= 0.6 is 11.3 Å². The van der Waals surface area contributed by atoms with Crippen molar-refractivity contribution in [1.29, 1.82) is 0 Å². The van der Waals surface area contributed by atoms with E-state index in [1.54, 1.807) is 44.0 Å². The Morgan fingerprint density at radius 2 is 2.00 bits per heavy atom. The first kappa shape index (κ1) is 19.1. The zero-order chi connectivity index (χ0) is 19.6. The molecule has 0 aliphatic carbocycles. The molecule has 0 spiro atoms. The number of amides is 2. The summed E-state index contributed by atoms with van der Waals surface area (Å²) in [6, 6.07) is 9.76. The van der Waals surface area contributed by atoms with Gasteiger partial charge in [0, 0.05) is 17.5 Å². The fraction of sp³-hybridized carbons (Fsp3) is 0.350. The first-order chi connectivity index (χ1) is 13.0. The van der Waals surface area contributed by atoms with Gasteiger partial charge in [0.2, 0.25) is 5.91 Å². The van der Waals surface area contributed by atoms with Gasteiger partial charge in [-0.25, -0.2) is 4.79 Å². The zero-order valence-corrected chi connectivity index (χ0v) is 16.3. The van der Waals surface area contributed by atoms with Gasteiger partial charge in [-0.15, -0.1) is 11.3 Å². The number of rotatable bonds is 5. The van der Waals surface area contributed by atoms with Gasteiger partial charge in [-0.05, 0) is 36.9 Å². The molecule has 1 aromatic heterocycles. The first-order valence-electron chi connectivity index (χ1n) is 8.82. The summed E-state index contributed by atoms with van der Waals surface area (Å²) in [5.74, 6) is -1.52. The van der Waals surface area contributed by atoms with E-state index in [0.717, 1.165) is 4.88 Å². The Labute approximate surface area is 162 Å². The molecule has 0 radical (unpaired) electrons. The Morgan fingerprint density at radius 3 is 2.67 bits per heavy atom. The second-order valence-electron chi connectivity index (χ2n) is 6.42. The average Bonchev–Trinajstić information content (AvgIpc) is 3.18. The number of esters is 1. The van der Waals surface area contributed by atoms with Crippen molar-refractivity contribution >= 4 is 29.1 Å². The van der Waals surface area contributed by atoms with E-state index in [2.05, 4.69) is 5.32 Å². The number of likely N-dealkylation sites (N-methyl/N-ethyl adjacent to an activating group) is 1. The van der Waals surface area contributed by atoms with Crippen molar-refractivity contribution in [2.45, 2.75) is 31.8 Å². The van der Waals surface area contributed by atoms with Crippen LogP contribution in [0.25, 0.3) is 0 Å². The third-order valence-electron chi connectivity index (χ3n) is 4.70. The standard InChI is InChI=1S/C20H22N2O4S/c1-4-26-20(25)12(2)21-18(23)16-13-8-5-6-9-14(13)19(24)22(3)17(16)15-10-7-11-27-15/h5-12,16-17H,4H2,1-3H3,(H,21,23)/t12-,16-,17-/m0/s1. The molecule has 1 aliphatic rings. The number of carbonyl (C=O) groups is 3. The van der Waals surface area contributed by atoms with Gasteiger partial charge in [0.25, 0.3) is 5.91 Å². The lowest BCUT2D eigenvalue weighted by Gasteiger charge is -2.39. The molecule has 1 aliphatic heterocycles. The number of thiophene rings is 1. The molecular formula is C20H22N2O4S. The average molecular weight is 386 g/mol. The molecule has 7 heteroatoms. The lowest BCUT2D eigenvalue weighted by Crippen LogP contribution is -2.48. The van der Waals surface area contributed by atoms with Crippen LogP contribution in [0, 0.1) is 0 Å². The second kappa shape index (κ2) is 7.92. The summed E-state index contributed by atoms with van der Waals surface area (Å²) >= 11 is 1.50. The molecule has 1 N–H and O–H groups in total. The van der Waals surface area contributed by atoms with Gasteiger partial charge in [-0.2, -0.15) is 0 Å². The van der Waals surface area contributed by atoms with Gasteiger partial charge < -0.3 is 15.0 Å². The van der Waals surface area contributed by atoms with Crippen molar-refractivity contribution in [3.05, 3.63) is 57.8 Å². The van der Waals surface area contributed by atoms with Gasteiger partial charge in [-0.3, -0.25) is 9.59 Å². The van der Waals surface area contributed by atoms with Crippen LogP contribution in [0.15, 0.2) is 41.8 Å². The summed E-state index contributed by atoms with van der Waals surface area (Å²) in [5, 5.41) is 4.68. The second-order valence-corrected chi connectivity index (χ2v) is 7.40. The molecular weight excluding hydrogens is 364 g/mol. The summed E-state index contributed by atoms with van der Waals surface area (Å²) < 4.78 is 4.98. The number of ether oxygens (including phenoxy) is 1. The van der Waals surface area contributed by atoms with Gasteiger partial charge >= 0.3 is 5.97 Å². The molecule has 0 bridgehead atoms. The molecule has 2 aromatic rings. The van der Waals surface area contributed by atoms with E-state index in [1.165, 1.54) is 11.3 Å². The van der Waals surface area contributed by atoms with E-state index in [9.17, 15) is 14.4 Å². The van der Waals surface area contributed by atoms with Crippen LogP contribution < -0.4 is 5.32 Å². The maximum Gasteiger partial charge on any atom is 0.328 e. The van der Waals surface area contributed by atoms with Crippen molar-refractivity contribution in [1.82, 2.24) is 10.2 Å². The van der Waals surface area contributed by atoms with Crippen LogP contribution in [-0.4, -0.2) is 42.4 Å². The van der Waals surface area contributed by atoms with Crippen molar-refractivity contribution in [2.24, 2.45) is 0 Å². The van der Waals surface area contributed by atoms with E-state index in [-0.39, 0.29) is 18.4 Å². The maximum atomic E-state index is 13.2. The summed E-state index contributed by atoms with van der Waals surface area (Å²) in [6.45, 7) is 3.57. The van der Waals surface area contributed by atoms with Crippen molar-refractivity contribution in [3.63, 3.8) is 0 Å². The molecule has 0 unspecified atom stereocenters. The summed E-state index contributed by atoms with van der Waals surface area (Å²) in [5.41, 5.74) is 1.18. The Balaban J connectivity index is 2.00. The van der Waals surface area contributed by atoms with Crippen molar-refractivity contribution < 1.29 is 19.1 Å². The lowest BCUT2D eigenvalue weighted by atomic mass is 9.81. The van der Waals surface area contributed by atoms with E-state index < -0.39 is 24.0 Å². The molecule has 3 rings (SSSR count). The Hall–Kier alpha value is -2.67. The molecule has 0 saturated heterocycles. The van der Waals surface area contributed by atoms with Crippen molar-refractivity contribution in [2.75, 3.05) is 13.7 Å². The molecule has 6 nitrogen and oxygen atoms in total. The van der Waals surface area contributed by atoms with E-state index in [0.29, 0.717) is 11.1 Å². The molecule has 3 atom stereocenters. The Bertz CT molecular complexity index is 849. The molecule has 2 amide bonds. The number of hydrogen-bond donors (Lipinski definition) is 1. The summed E-state index contributed by atoms with van der Waals surface area (Å²) in [4.78, 5) is 40.5. The zero-order valence-electron chi connectivity index (χ0n) is 15.5. The molecule has 2 heterocycles. The fourth-order valence-electron chi connectivity index (χ4n) is 3.40. The fourth-order valence-corrected chi connectivity index (χ4v) is 4.31. The third kappa shape index (κ3) is 3.60. The summed E-state index contributed by atoms with van der Waals surface area (Å²) in [6.07, 6.45) is 0. The number of nitrogens with zero attached hydrogens (tertiary/aromatic N) is 1. The number of nitrogens with one attached hydrogen (secondary N) is 1. The van der Waals surface area contributed by atoms with Crippen molar-refractivity contribution in [3.8, 4) is 0 Å². The van der Waals surface area contributed by atoms with Crippen LogP contribution in [0.3, 0.4) is 0 Å². The normalized spacial score (nSPS) is 20.0. The highest BCUT2D eigenvalue weighted by Crippen LogP contribution is 2.43. The van der Waals surface area contributed by atoms with Gasteiger partial charge in [-0.1, -0.05) is 24.3 Å². The van der Waals surface area contributed by atoms with Gasteiger partial charge in [0.15, 0.2) is 0 Å². The minimum atomic E-state index is -0.767. The molecule has 0 fully saturated rings. The topological polar surface area (TPSA) is 75.7 Å². The lowest BCUT2D eigenvalue weighted by molar-refractivity contribution is -0.147. The number of fused-ring (bicyclic) bond motifs is 1. The number of carbonyl (C=O) groups excluding carboxylic acids is 3. The van der Waals surface area contributed by atoms with Crippen LogP contribution in [0.1, 0.15) is 46.6 Å². The van der Waals surface area contributed by atoms with E-state index in [4.69, 9.17) is 4.74 Å². The highest BCUT2D eigenvalue weighted by molar-refractivity contribution is 7.10. The predicted molar refractivity (Wildman–Crippen MR) is 103 cm³/mol. The van der Waals surface area contributed by atoms with Gasteiger partial charge in [0.1, 0.15) is 6.04 Å². The Kier molecular flexibility index (Phi) is 5.60. The maximum absolute atomic E-state index is 13.2. The smallest absolute Gasteiger partial charge is 0.328 e.